The Bertz CT molecular complexity index is 780. The van der Waals surface area contributed by atoms with E-state index in [0.717, 1.165) is 11.1 Å². The van der Waals surface area contributed by atoms with Crippen LogP contribution in [0.25, 0.3) is 0 Å². The maximum atomic E-state index is 11.7. The highest BCUT2D eigenvalue weighted by Gasteiger charge is 2.07. The third-order valence-corrected chi connectivity index (χ3v) is 3.31. The molecule has 2 aromatic rings. The second-order valence-corrected chi connectivity index (χ2v) is 5.32. The lowest BCUT2D eigenvalue weighted by atomic mass is 10.2. The number of methoxy groups -OCH3 is 2. The summed E-state index contributed by atoms with van der Waals surface area (Å²) in [6.07, 6.45) is 2.52. The van der Waals surface area contributed by atoms with E-state index in [1.807, 2.05) is 0 Å². The van der Waals surface area contributed by atoms with Gasteiger partial charge < -0.3 is 9.47 Å². The van der Waals surface area contributed by atoms with Crippen LogP contribution >= 0.6 is 0 Å². The molecule has 8 nitrogen and oxygen atoms in total. The molecule has 0 saturated heterocycles. The molecule has 0 fully saturated rings. The molecule has 140 valence electrons. The number of hydrogen-bond acceptors (Lipinski definition) is 6. The zero-order chi connectivity index (χ0) is 19.5. The van der Waals surface area contributed by atoms with E-state index in [-0.39, 0.29) is 0 Å². The summed E-state index contributed by atoms with van der Waals surface area (Å²) in [5.41, 5.74) is 6.07. The fourth-order valence-corrected chi connectivity index (χ4v) is 2.03. The van der Waals surface area contributed by atoms with Crippen molar-refractivity contribution in [2.75, 3.05) is 14.2 Å². The summed E-state index contributed by atoms with van der Waals surface area (Å²) in [7, 11) is 3.13. The summed E-state index contributed by atoms with van der Waals surface area (Å²) in [5.74, 6) is 0.253. The van der Waals surface area contributed by atoms with Crippen LogP contribution in [0, 0.1) is 0 Å². The van der Waals surface area contributed by atoms with Gasteiger partial charge in [-0.1, -0.05) is 24.3 Å². The Balaban J connectivity index is 1.76. The maximum Gasteiger partial charge on any atom is 0.249 e. The smallest absolute Gasteiger partial charge is 0.249 e. The number of hydrogen-bond donors (Lipinski definition) is 2. The lowest BCUT2D eigenvalue weighted by Crippen LogP contribution is -2.27. The summed E-state index contributed by atoms with van der Waals surface area (Å²) in [6.45, 7) is 0. The van der Waals surface area contributed by atoms with E-state index in [9.17, 15) is 9.59 Å². The van der Waals surface area contributed by atoms with Crippen molar-refractivity contribution in [2.45, 2.75) is 6.42 Å². The Labute approximate surface area is 156 Å². The normalized spacial score (nSPS) is 10.7. The predicted molar refractivity (Wildman–Crippen MR) is 102 cm³/mol. The molecule has 2 amide bonds. The molecule has 2 N–H and O–H groups in total. The molecule has 0 atom stereocenters. The summed E-state index contributed by atoms with van der Waals surface area (Å²) in [4.78, 5) is 23.4. The van der Waals surface area contributed by atoms with Gasteiger partial charge in [-0.3, -0.25) is 9.59 Å². The van der Waals surface area contributed by atoms with E-state index in [0.29, 0.717) is 11.5 Å². The van der Waals surface area contributed by atoms with Crippen molar-refractivity contribution in [1.29, 1.82) is 0 Å². The van der Waals surface area contributed by atoms with Crippen molar-refractivity contribution in [3.8, 4) is 11.5 Å². The average molecular weight is 368 g/mol. The first kappa shape index (κ1) is 19.6. The van der Waals surface area contributed by atoms with Crippen molar-refractivity contribution < 1.29 is 19.1 Å². The third kappa shape index (κ3) is 6.99. The van der Waals surface area contributed by atoms with Crippen LogP contribution in [0.1, 0.15) is 17.5 Å². The van der Waals surface area contributed by atoms with Crippen LogP contribution in [-0.4, -0.2) is 38.5 Å². The molecule has 0 aliphatic carbocycles. The van der Waals surface area contributed by atoms with Crippen LogP contribution in [0.2, 0.25) is 0 Å². The van der Waals surface area contributed by atoms with Gasteiger partial charge in [-0.15, -0.1) is 0 Å². The van der Waals surface area contributed by atoms with Gasteiger partial charge in [0.25, 0.3) is 0 Å². The van der Waals surface area contributed by atoms with Crippen molar-refractivity contribution in [3.05, 3.63) is 59.7 Å². The average Bonchev–Trinajstić information content (AvgIpc) is 2.68. The molecular weight excluding hydrogens is 348 g/mol. The lowest BCUT2D eigenvalue weighted by molar-refractivity contribution is -0.129. The molecule has 0 spiro atoms. The van der Waals surface area contributed by atoms with E-state index in [4.69, 9.17) is 9.47 Å². The topological polar surface area (TPSA) is 101 Å². The Morgan fingerprint density at radius 2 is 1.30 bits per heavy atom. The largest absolute Gasteiger partial charge is 0.497 e. The standard InChI is InChI=1S/C19H20N4O4/c1-26-16-7-3-5-14(9-16)12-20-22-18(24)11-19(25)23-21-13-15-6-4-8-17(10-15)27-2/h3-10,12-13H,11H2,1-2H3,(H,22,24)(H,23,25). The SMILES string of the molecule is COc1cccc(C=NNC(=O)CC(=O)NN=Cc2cccc(OC)c2)c1. The van der Waals surface area contributed by atoms with E-state index in [1.165, 1.54) is 12.4 Å². The van der Waals surface area contributed by atoms with Gasteiger partial charge in [-0.25, -0.2) is 10.9 Å². The second-order valence-electron chi connectivity index (χ2n) is 5.32. The molecule has 0 saturated carbocycles. The van der Waals surface area contributed by atoms with E-state index >= 15 is 0 Å². The third-order valence-electron chi connectivity index (χ3n) is 3.31. The molecule has 2 rings (SSSR count). The first-order valence-electron chi connectivity index (χ1n) is 8.02. The monoisotopic (exact) mass is 368 g/mol. The highest BCUT2D eigenvalue weighted by Crippen LogP contribution is 2.11. The van der Waals surface area contributed by atoms with Gasteiger partial charge in [0.15, 0.2) is 0 Å². The molecule has 27 heavy (non-hydrogen) atoms. The maximum absolute atomic E-state index is 11.7. The molecule has 0 bridgehead atoms. The first-order valence-corrected chi connectivity index (χ1v) is 8.02. The molecular formula is C19H20N4O4. The molecule has 0 aliphatic rings. The summed E-state index contributed by atoms with van der Waals surface area (Å²) >= 11 is 0. The Kier molecular flexibility index (Phi) is 7.52. The summed E-state index contributed by atoms with van der Waals surface area (Å²) in [6, 6.07) is 14.3. The quantitative estimate of drug-likeness (QED) is 0.421. The predicted octanol–water partition coefficient (Wildman–Crippen LogP) is 1.69. The first-order chi connectivity index (χ1) is 13.1. The van der Waals surface area contributed by atoms with E-state index in [2.05, 4.69) is 21.1 Å². The molecule has 0 heterocycles. The molecule has 0 aliphatic heterocycles. The number of nitrogens with one attached hydrogen (secondary N) is 2. The Hall–Kier alpha value is -3.68. The van der Waals surface area contributed by atoms with Crippen LogP contribution < -0.4 is 20.3 Å². The van der Waals surface area contributed by atoms with Gasteiger partial charge in [0.05, 0.1) is 26.6 Å². The fraction of sp³-hybridized carbons (Fsp3) is 0.158. The van der Waals surface area contributed by atoms with Crippen molar-refractivity contribution in [1.82, 2.24) is 10.9 Å². The van der Waals surface area contributed by atoms with Gasteiger partial charge in [-0.05, 0) is 35.4 Å². The van der Waals surface area contributed by atoms with Crippen molar-refractivity contribution in [3.63, 3.8) is 0 Å². The minimum atomic E-state index is -0.553. The van der Waals surface area contributed by atoms with Crippen LogP contribution in [0.3, 0.4) is 0 Å². The Morgan fingerprint density at radius 3 is 1.70 bits per heavy atom. The Morgan fingerprint density at radius 1 is 0.852 bits per heavy atom. The van der Waals surface area contributed by atoms with Crippen LogP contribution in [0.5, 0.6) is 11.5 Å². The number of benzene rings is 2. The number of hydrazone groups is 2. The molecule has 2 aromatic carbocycles. The van der Waals surface area contributed by atoms with E-state index < -0.39 is 18.2 Å². The summed E-state index contributed by atoms with van der Waals surface area (Å²) in [5, 5.41) is 7.61. The molecule has 0 radical (unpaired) electrons. The van der Waals surface area contributed by atoms with Crippen molar-refractivity contribution >= 4 is 24.2 Å². The lowest BCUT2D eigenvalue weighted by Gasteiger charge is -2.01. The zero-order valence-corrected chi connectivity index (χ0v) is 15.0. The number of carbonyl (C=O) groups excluding carboxylic acids is 2. The number of rotatable bonds is 8. The van der Waals surface area contributed by atoms with Gasteiger partial charge >= 0.3 is 0 Å². The van der Waals surface area contributed by atoms with E-state index in [1.54, 1.807) is 62.8 Å². The highest BCUT2D eigenvalue weighted by atomic mass is 16.5. The molecule has 0 aromatic heterocycles. The number of carbonyl (C=O) groups is 2. The van der Waals surface area contributed by atoms with Gasteiger partial charge in [0.2, 0.25) is 11.8 Å². The van der Waals surface area contributed by atoms with Crippen LogP contribution in [-0.2, 0) is 9.59 Å². The zero-order valence-electron chi connectivity index (χ0n) is 15.0. The minimum absolute atomic E-state index is 0.398. The second kappa shape index (κ2) is 10.3. The minimum Gasteiger partial charge on any atom is -0.497 e. The molecule has 8 heteroatoms. The van der Waals surface area contributed by atoms with Crippen LogP contribution in [0.4, 0.5) is 0 Å². The number of amides is 2. The van der Waals surface area contributed by atoms with Crippen molar-refractivity contribution in [2.24, 2.45) is 10.2 Å². The number of ether oxygens (including phenoxy) is 2. The molecule has 0 unspecified atom stereocenters. The fourth-order valence-electron chi connectivity index (χ4n) is 2.03. The van der Waals surface area contributed by atoms with Gasteiger partial charge in [-0.2, -0.15) is 10.2 Å². The van der Waals surface area contributed by atoms with Gasteiger partial charge in [0, 0.05) is 0 Å². The number of nitrogens with zero attached hydrogens (tertiary/aromatic N) is 2. The highest BCUT2D eigenvalue weighted by molar-refractivity contribution is 5.97. The van der Waals surface area contributed by atoms with Crippen LogP contribution in [0.15, 0.2) is 58.7 Å². The summed E-state index contributed by atoms with van der Waals surface area (Å²) < 4.78 is 10.2. The van der Waals surface area contributed by atoms with Gasteiger partial charge in [0.1, 0.15) is 17.9 Å².